The van der Waals surface area contributed by atoms with Crippen LogP contribution in [0.5, 0.6) is 0 Å². The number of aryl methyl sites for hydroxylation is 1. The Kier molecular flexibility index (Phi) is 4.92. The van der Waals surface area contributed by atoms with Crippen molar-refractivity contribution >= 4 is 45.2 Å². The number of H-pyrrole nitrogens is 1. The standard InChI is InChI=1S/C17H15N7O2S2/c1-9(14(25)20-17-23-22-10(2)28-17)27-16-19-13-12(15(26)21-16)8-18-24(13)11-6-4-3-5-7-11/h3-9H,1-2H3,(H,19,21,26)(H,20,23,25). The molecular weight excluding hydrogens is 398 g/mol. The second kappa shape index (κ2) is 7.52. The van der Waals surface area contributed by atoms with Gasteiger partial charge in [0.15, 0.2) is 10.8 Å². The van der Waals surface area contributed by atoms with E-state index in [0.29, 0.717) is 21.3 Å². The quantitative estimate of drug-likeness (QED) is 0.381. The van der Waals surface area contributed by atoms with Crippen LogP contribution in [0.15, 0.2) is 46.5 Å². The predicted molar refractivity (Wildman–Crippen MR) is 108 cm³/mol. The third kappa shape index (κ3) is 3.66. The molecule has 1 unspecified atom stereocenters. The molecule has 142 valence electrons. The molecule has 0 fully saturated rings. The Balaban J connectivity index is 1.60. The number of hydrogen-bond acceptors (Lipinski definition) is 8. The first-order valence-electron chi connectivity index (χ1n) is 8.32. The van der Waals surface area contributed by atoms with Gasteiger partial charge in [-0.1, -0.05) is 41.3 Å². The molecule has 3 aromatic heterocycles. The van der Waals surface area contributed by atoms with Gasteiger partial charge in [0.25, 0.3) is 5.56 Å². The van der Waals surface area contributed by atoms with Crippen molar-refractivity contribution in [1.82, 2.24) is 29.9 Å². The van der Waals surface area contributed by atoms with Gasteiger partial charge in [0.2, 0.25) is 11.0 Å². The number of hydrogen-bond donors (Lipinski definition) is 2. The second-order valence-electron chi connectivity index (χ2n) is 5.88. The molecule has 0 aliphatic rings. The highest BCUT2D eigenvalue weighted by Gasteiger charge is 2.19. The number of rotatable bonds is 5. The fraction of sp³-hybridized carbons (Fsp3) is 0.176. The summed E-state index contributed by atoms with van der Waals surface area (Å²) in [5, 5.41) is 16.2. The number of aromatic amines is 1. The molecule has 4 rings (SSSR count). The van der Waals surface area contributed by atoms with E-state index < -0.39 is 5.25 Å². The van der Waals surface area contributed by atoms with E-state index in [1.165, 1.54) is 17.5 Å². The zero-order valence-electron chi connectivity index (χ0n) is 14.9. The Morgan fingerprint density at radius 2 is 2.07 bits per heavy atom. The molecule has 1 amide bonds. The summed E-state index contributed by atoms with van der Waals surface area (Å²) < 4.78 is 1.60. The van der Waals surface area contributed by atoms with Crippen LogP contribution in [0.25, 0.3) is 16.7 Å². The number of nitrogens with zero attached hydrogens (tertiary/aromatic N) is 5. The van der Waals surface area contributed by atoms with Crippen LogP contribution in [-0.2, 0) is 4.79 Å². The number of nitrogens with one attached hydrogen (secondary N) is 2. The zero-order chi connectivity index (χ0) is 19.7. The zero-order valence-corrected chi connectivity index (χ0v) is 16.5. The molecule has 2 N–H and O–H groups in total. The smallest absolute Gasteiger partial charge is 0.262 e. The van der Waals surface area contributed by atoms with E-state index in [2.05, 4.69) is 30.6 Å². The highest BCUT2D eigenvalue weighted by molar-refractivity contribution is 8.00. The summed E-state index contributed by atoms with van der Waals surface area (Å²) in [6.45, 7) is 3.54. The summed E-state index contributed by atoms with van der Waals surface area (Å²) in [5.41, 5.74) is 0.927. The minimum absolute atomic E-state index is 0.250. The Morgan fingerprint density at radius 3 is 2.79 bits per heavy atom. The van der Waals surface area contributed by atoms with Gasteiger partial charge in [-0.15, -0.1) is 10.2 Å². The third-order valence-electron chi connectivity index (χ3n) is 3.83. The van der Waals surface area contributed by atoms with Crippen LogP contribution in [0, 0.1) is 6.92 Å². The topological polar surface area (TPSA) is 118 Å². The van der Waals surface area contributed by atoms with Crippen LogP contribution in [0.1, 0.15) is 11.9 Å². The molecule has 28 heavy (non-hydrogen) atoms. The maximum Gasteiger partial charge on any atom is 0.262 e. The Hall–Kier alpha value is -3.05. The largest absolute Gasteiger partial charge is 0.301 e. The Morgan fingerprint density at radius 1 is 1.29 bits per heavy atom. The summed E-state index contributed by atoms with van der Waals surface area (Å²) in [6.07, 6.45) is 1.48. The van der Waals surface area contributed by atoms with Gasteiger partial charge in [0.1, 0.15) is 10.4 Å². The number of benzene rings is 1. The van der Waals surface area contributed by atoms with Crippen LogP contribution < -0.4 is 10.9 Å². The number of aromatic nitrogens is 6. The van der Waals surface area contributed by atoms with Gasteiger partial charge < -0.3 is 4.98 Å². The average Bonchev–Trinajstić information content (AvgIpc) is 3.28. The van der Waals surface area contributed by atoms with E-state index in [-0.39, 0.29) is 11.5 Å². The summed E-state index contributed by atoms with van der Waals surface area (Å²) in [5.74, 6) is -0.250. The van der Waals surface area contributed by atoms with Crippen LogP contribution >= 0.6 is 23.1 Å². The summed E-state index contributed by atoms with van der Waals surface area (Å²) in [7, 11) is 0. The number of fused-ring (bicyclic) bond motifs is 1. The number of para-hydroxylation sites is 1. The van der Waals surface area contributed by atoms with Gasteiger partial charge in [0.05, 0.1) is 17.1 Å². The molecule has 0 aliphatic heterocycles. The monoisotopic (exact) mass is 413 g/mol. The Bertz CT molecular complexity index is 1200. The van der Waals surface area contributed by atoms with Crippen LogP contribution in [0.3, 0.4) is 0 Å². The second-order valence-corrected chi connectivity index (χ2v) is 8.39. The lowest BCUT2D eigenvalue weighted by molar-refractivity contribution is -0.115. The molecule has 0 spiro atoms. The highest BCUT2D eigenvalue weighted by atomic mass is 32.2. The van der Waals surface area contributed by atoms with Gasteiger partial charge in [0, 0.05) is 0 Å². The molecule has 1 aromatic carbocycles. The van der Waals surface area contributed by atoms with Gasteiger partial charge in [-0.05, 0) is 26.0 Å². The number of carbonyl (C=O) groups excluding carboxylic acids is 1. The van der Waals surface area contributed by atoms with E-state index in [1.807, 2.05) is 37.3 Å². The number of carbonyl (C=O) groups is 1. The molecule has 0 radical (unpaired) electrons. The van der Waals surface area contributed by atoms with Crippen molar-refractivity contribution in [3.63, 3.8) is 0 Å². The van der Waals surface area contributed by atoms with E-state index in [0.717, 1.165) is 22.5 Å². The SMILES string of the molecule is Cc1nnc(NC(=O)C(C)Sc2nc3c(cnn3-c3ccccc3)c(=O)[nH]2)s1. The number of thioether (sulfide) groups is 1. The summed E-state index contributed by atoms with van der Waals surface area (Å²) in [6, 6.07) is 9.42. The lowest BCUT2D eigenvalue weighted by atomic mass is 10.3. The fourth-order valence-electron chi connectivity index (χ4n) is 2.49. The van der Waals surface area contributed by atoms with Crippen molar-refractivity contribution < 1.29 is 4.79 Å². The predicted octanol–water partition coefficient (Wildman–Crippen LogP) is 2.39. The molecule has 1 atom stereocenters. The third-order valence-corrected chi connectivity index (χ3v) is 5.57. The molecule has 0 bridgehead atoms. The summed E-state index contributed by atoms with van der Waals surface area (Å²) in [4.78, 5) is 32.0. The first-order chi connectivity index (χ1) is 13.5. The minimum atomic E-state index is -0.502. The molecule has 11 heteroatoms. The van der Waals surface area contributed by atoms with Crippen molar-refractivity contribution in [2.75, 3.05) is 5.32 Å². The number of amides is 1. The van der Waals surface area contributed by atoms with Gasteiger partial charge in [-0.25, -0.2) is 9.67 Å². The van der Waals surface area contributed by atoms with Crippen molar-refractivity contribution in [2.45, 2.75) is 24.3 Å². The van der Waals surface area contributed by atoms with E-state index in [9.17, 15) is 9.59 Å². The normalized spacial score (nSPS) is 12.2. The first-order valence-corrected chi connectivity index (χ1v) is 10.0. The van der Waals surface area contributed by atoms with Gasteiger partial charge >= 0.3 is 0 Å². The van der Waals surface area contributed by atoms with Crippen molar-refractivity contribution in [2.24, 2.45) is 0 Å². The van der Waals surface area contributed by atoms with Crippen molar-refractivity contribution in [3.8, 4) is 5.69 Å². The summed E-state index contributed by atoms with van der Waals surface area (Å²) >= 11 is 2.45. The van der Waals surface area contributed by atoms with Crippen LogP contribution in [0.2, 0.25) is 0 Å². The molecule has 9 nitrogen and oxygen atoms in total. The maximum atomic E-state index is 12.4. The Labute approximate surface area is 167 Å². The molecule has 0 saturated carbocycles. The maximum absolute atomic E-state index is 12.4. The lowest BCUT2D eigenvalue weighted by Crippen LogP contribution is -2.23. The van der Waals surface area contributed by atoms with E-state index in [1.54, 1.807) is 11.6 Å². The molecular formula is C17H15N7O2S2. The molecule has 0 aliphatic carbocycles. The highest BCUT2D eigenvalue weighted by Crippen LogP contribution is 2.23. The van der Waals surface area contributed by atoms with Crippen molar-refractivity contribution in [3.05, 3.63) is 51.9 Å². The van der Waals surface area contributed by atoms with Crippen molar-refractivity contribution in [1.29, 1.82) is 0 Å². The molecule has 4 aromatic rings. The molecule has 3 heterocycles. The lowest BCUT2D eigenvalue weighted by Gasteiger charge is -2.09. The van der Waals surface area contributed by atoms with E-state index in [4.69, 9.17) is 0 Å². The van der Waals surface area contributed by atoms with Gasteiger partial charge in [-0.3, -0.25) is 14.9 Å². The first kappa shape index (κ1) is 18.3. The average molecular weight is 413 g/mol. The van der Waals surface area contributed by atoms with E-state index >= 15 is 0 Å². The fourth-order valence-corrected chi connectivity index (χ4v) is 3.87. The van der Waals surface area contributed by atoms with Crippen LogP contribution in [-0.4, -0.2) is 41.1 Å². The minimum Gasteiger partial charge on any atom is -0.301 e. The molecule has 0 saturated heterocycles. The van der Waals surface area contributed by atoms with Gasteiger partial charge in [-0.2, -0.15) is 5.10 Å². The van der Waals surface area contributed by atoms with Crippen LogP contribution in [0.4, 0.5) is 5.13 Å². The number of anilines is 1.